The SMILES string of the molecule is O=C(O)C1(CN[C@H]2COc3cc(-c4noc(-c5onc(-c6ccccc6)c5C(F)(F)F)n4)ccc3[C@H]2O)CCC1. The van der Waals surface area contributed by atoms with Gasteiger partial charge in [0.2, 0.25) is 11.6 Å². The lowest BCUT2D eigenvalue weighted by Crippen LogP contribution is -2.52. The number of hydrogen-bond donors (Lipinski definition) is 3. The molecule has 3 N–H and O–H groups in total. The van der Waals surface area contributed by atoms with Crippen molar-refractivity contribution in [2.24, 2.45) is 5.41 Å². The van der Waals surface area contributed by atoms with Crippen LogP contribution in [0.2, 0.25) is 0 Å². The van der Waals surface area contributed by atoms with Gasteiger partial charge in [-0.2, -0.15) is 18.2 Å². The van der Waals surface area contributed by atoms with Crippen molar-refractivity contribution in [3.63, 3.8) is 0 Å². The first-order valence-electron chi connectivity index (χ1n) is 12.5. The minimum Gasteiger partial charge on any atom is -0.491 e. The van der Waals surface area contributed by atoms with E-state index in [0.29, 0.717) is 29.7 Å². The van der Waals surface area contributed by atoms with Crippen LogP contribution in [0.5, 0.6) is 5.75 Å². The van der Waals surface area contributed by atoms with Gasteiger partial charge >= 0.3 is 12.1 Å². The van der Waals surface area contributed by atoms with E-state index in [1.807, 2.05) is 0 Å². The van der Waals surface area contributed by atoms with Gasteiger partial charge in [-0.25, -0.2) is 0 Å². The highest BCUT2D eigenvalue weighted by atomic mass is 19.4. The fraction of sp³-hybridized carbons (Fsp3) is 0.333. The number of nitrogens with one attached hydrogen (secondary N) is 1. The van der Waals surface area contributed by atoms with Crippen molar-refractivity contribution in [3.05, 3.63) is 59.7 Å². The molecule has 1 saturated carbocycles. The van der Waals surface area contributed by atoms with Gasteiger partial charge in [0, 0.05) is 23.2 Å². The van der Waals surface area contributed by atoms with Gasteiger partial charge in [-0.15, -0.1) is 0 Å². The predicted octanol–water partition coefficient (Wildman–Crippen LogP) is 4.72. The van der Waals surface area contributed by atoms with Crippen LogP contribution in [0.25, 0.3) is 34.3 Å². The second-order valence-corrected chi connectivity index (χ2v) is 9.96. The minimum absolute atomic E-state index is 0.0182. The summed E-state index contributed by atoms with van der Waals surface area (Å²) in [7, 11) is 0. The lowest BCUT2D eigenvalue weighted by Gasteiger charge is -2.40. The number of aliphatic hydroxyl groups excluding tert-OH is 1. The monoisotopic (exact) mass is 556 g/mol. The maximum atomic E-state index is 14.0. The lowest BCUT2D eigenvalue weighted by molar-refractivity contribution is -0.154. The summed E-state index contributed by atoms with van der Waals surface area (Å²) in [4.78, 5) is 15.7. The molecule has 2 atom stereocenters. The molecule has 40 heavy (non-hydrogen) atoms. The smallest absolute Gasteiger partial charge is 0.422 e. The van der Waals surface area contributed by atoms with Gasteiger partial charge in [0.25, 0.3) is 5.89 Å². The molecule has 2 aliphatic rings. The molecular formula is C27H23F3N4O6. The van der Waals surface area contributed by atoms with Crippen molar-refractivity contribution in [1.29, 1.82) is 0 Å². The Bertz CT molecular complexity index is 1550. The van der Waals surface area contributed by atoms with Crippen LogP contribution < -0.4 is 10.1 Å². The summed E-state index contributed by atoms with van der Waals surface area (Å²) in [6.45, 7) is 0.306. The van der Waals surface area contributed by atoms with Crippen molar-refractivity contribution in [1.82, 2.24) is 20.6 Å². The van der Waals surface area contributed by atoms with E-state index in [1.54, 1.807) is 36.4 Å². The Morgan fingerprint density at radius 1 is 1.07 bits per heavy atom. The number of aromatic nitrogens is 3. The number of carbonyl (C=O) groups is 1. The number of rotatable bonds is 7. The molecule has 10 nitrogen and oxygen atoms in total. The van der Waals surface area contributed by atoms with E-state index in [4.69, 9.17) is 13.8 Å². The van der Waals surface area contributed by atoms with Gasteiger partial charge in [-0.3, -0.25) is 4.79 Å². The summed E-state index contributed by atoms with van der Waals surface area (Å²) in [5.41, 5.74) is -1.28. The second-order valence-electron chi connectivity index (χ2n) is 9.96. The van der Waals surface area contributed by atoms with Gasteiger partial charge in [0.15, 0.2) is 0 Å². The maximum absolute atomic E-state index is 14.0. The molecule has 1 aliphatic carbocycles. The first-order valence-corrected chi connectivity index (χ1v) is 12.5. The summed E-state index contributed by atoms with van der Waals surface area (Å²) in [6, 6.07) is 12.0. The molecule has 3 heterocycles. The number of carboxylic acids is 1. The standard InChI is InChI=1S/C27H23F3N4O6/c28-27(29,30)19-20(14-5-2-1-3-6-14)33-39-22(19)24-32-23(34-40-24)15-7-8-16-18(11-15)38-12-17(21(16)35)31-13-26(25(36)37)9-4-10-26/h1-3,5-8,11,17,21,31,35H,4,9-10,12-13H2,(H,36,37)/t17-,21+/m0/s1. The van der Waals surface area contributed by atoms with Gasteiger partial charge in [0.1, 0.15) is 29.7 Å². The first kappa shape index (κ1) is 26.0. The van der Waals surface area contributed by atoms with Gasteiger partial charge < -0.3 is 29.3 Å². The summed E-state index contributed by atoms with van der Waals surface area (Å²) < 4.78 is 58.0. The van der Waals surface area contributed by atoms with Crippen LogP contribution in [-0.2, 0) is 11.0 Å². The molecule has 13 heteroatoms. The van der Waals surface area contributed by atoms with Crippen molar-refractivity contribution in [3.8, 4) is 40.0 Å². The molecule has 0 radical (unpaired) electrons. The Kier molecular flexibility index (Phi) is 6.34. The average molecular weight is 556 g/mol. The van der Waals surface area contributed by atoms with Crippen LogP contribution in [0.3, 0.4) is 0 Å². The number of halogens is 3. The number of nitrogens with zero attached hydrogens (tertiary/aromatic N) is 3. The van der Waals surface area contributed by atoms with Gasteiger partial charge in [0.05, 0.1) is 11.5 Å². The van der Waals surface area contributed by atoms with Crippen LogP contribution in [0.1, 0.15) is 36.5 Å². The largest absolute Gasteiger partial charge is 0.491 e. The number of aliphatic hydroxyl groups is 1. The zero-order valence-corrected chi connectivity index (χ0v) is 20.8. The highest BCUT2D eigenvalue weighted by Crippen LogP contribution is 2.44. The van der Waals surface area contributed by atoms with Crippen LogP contribution in [0.4, 0.5) is 13.2 Å². The number of hydrogen-bond acceptors (Lipinski definition) is 9. The number of aliphatic carboxylic acids is 1. The molecule has 6 rings (SSSR count). The Hall–Kier alpha value is -4.23. The predicted molar refractivity (Wildman–Crippen MR) is 132 cm³/mol. The zero-order chi connectivity index (χ0) is 28.1. The van der Waals surface area contributed by atoms with Crippen molar-refractivity contribution in [2.45, 2.75) is 37.6 Å². The molecule has 0 unspecified atom stereocenters. The third-order valence-corrected chi connectivity index (χ3v) is 7.50. The molecule has 0 bridgehead atoms. The van der Waals surface area contributed by atoms with Gasteiger partial charge in [-0.05, 0) is 18.9 Å². The van der Waals surface area contributed by atoms with E-state index in [-0.39, 0.29) is 24.5 Å². The van der Waals surface area contributed by atoms with E-state index >= 15 is 0 Å². The molecule has 4 aromatic rings. The van der Waals surface area contributed by atoms with E-state index in [2.05, 4.69) is 20.6 Å². The fourth-order valence-corrected chi connectivity index (χ4v) is 5.02. The maximum Gasteiger partial charge on any atom is 0.422 e. The van der Waals surface area contributed by atoms with Crippen LogP contribution in [-0.4, -0.2) is 50.7 Å². The first-order chi connectivity index (χ1) is 19.2. The summed E-state index contributed by atoms with van der Waals surface area (Å²) >= 11 is 0. The summed E-state index contributed by atoms with van der Waals surface area (Å²) in [5, 5.41) is 31.0. The Balaban J connectivity index is 1.23. The van der Waals surface area contributed by atoms with E-state index < -0.39 is 52.6 Å². The van der Waals surface area contributed by atoms with Crippen LogP contribution in [0.15, 0.2) is 57.6 Å². The number of fused-ring (bicyclic) bond motifs is 1. The molecular weight excluding hydrogens is 533 g/mol. The molecule has 2 aromatic heterocycles. The third-order valence-electron chi connectivity index (χ3n) is 7.50. The van der Waals surface area contributed by atoms with Gasteiger partial charge in [-0.1, -0.05) is 59.2 Å². The quantitative estimate of drug-likeness (QED) is 0.293. The number of carboxylic acid groups (broad SMARTS) is 1. The number of ether oxygens (including phenoxy) is 1. The molecule has 2 aromatic carbocycles. The second kappa shape index (κ2) is 9.75. The van der Waals surface area contributed by atoms with E-state index in [1.165, 1.54) is 12.1 Å². The minimum atomic E-state index is -4.81. The van der Waals surface area contributed by atoms with Crippen LogP contribution in [0, 0.1) is 5.41 Å². The van der Waals surface area contributed by atoms with Crippen molar-refractivity contribution < 1.29 is 42.0 Å². The Labute approximate surface area is 224 Å². The normalized spacial score (nSPS) is 19.9. The molecule has 0 amide bonds. The van der Waals surface area contributed by atoms with E-state index in [0.717, 1.165) is 6.42 Å². The van der Waals surface area contributed by atoms with Crippen molar-refractivity contribution in [2.75, 3.05) is 13.2 Å². The summed E-state index contributed by atoms with van der Waals surface area (Å²) in [6.07, 6.45) is -3.76. The Morgan fingerprint density at radius 3 is 2.52 bits per heavy atom. The molecule has 208 valence electrons. The topological polar surface area (TPSA) is 144 Å². The van der Waals surface area contributed by atoms with Crippen LogP contribution >= 0.6 is 0 Å². The molecule has 1 fully saturated rings. The van der Waals surface area contributed by atoms with Crippen molar-refractivity contribution >= 4 is 5.97 Å². The number of alkyl halides is 3. The molecule has 1 aliphatic heterocycles. The summed E-state index contributed by atoms with van der Waals surface area (Å²) in [5.74, 6) is -1.73. The number of benzene rings is 2. The fourth-order valence-electron chi connectivity index (χ4n) is 5.02. The Morgan fingerprint density at radius 2 is 1.85 bits per heavy atom. The highest BCUT2D eigenvalue weighted by molar-refractivity contribution is 5.76. The third kappa shape index (κ3) is 4.50. The average Bonchev–Trinajstić information content (AvgIpc) is 3.57. The molecule has 0 spiro atoms. The van der Waals surface area contributed by atoms with E-state index in [9.17, 15) is 28.2 Å². The molecule has 0 saturated heterocycles. The highest BCUT2D eigenvalue weighted by Gasteiger charge is 2.45. The zero-order valence-electron chi connectivity index (χ0n) is 20.8. The lowest BCUT2D eigenvalue weighted by atomic mass is 9.68.